The molecule has 0 aliphatic rings. The van der Waals surface area contributed by atoms with Gasteiger partial charge < -0.3 is 10.6 Å². The average Bonchev–Trinajstić information content (AvgIpc) is 2.32. The summed E-state index contributed by atoms with van der Waals surface area (Å²) in [6, 6.07) is 6.03. The highest BCUT2D eigenvalue weighted by Crippen LogP contribution is 2.30. The smallest absolute Gasteiger partial charge is 0.0395 e. The molecule has 90 valence electrons. The summed E-state index contributed by atoms with van der Waals surface area (Å²) in [5.74, 6) is 1.07. The van der Waals surface area contributed by atoms with Crippen molar-refractivity contribution in [1.82, 2.24) is 9.88 Å². The maximum Gasteiger partial charge on any atom is 0.0395 e. The molecule has 0 unspecified atom stereocenters. The number of fused-ring (bicyclic) bond motifs is 1. The van der Waals surface area contributed by atoms with Gasteiger partial charge in [-0.3, -0.25) is 4.98 Å². The van der Waals surface area contributed by atoms with E-state index >= 15 is 0 Å². The van der Waals surface area contributed by atoms with Gasteiger partial charge in [0.1, 0.15) is 0 Å². The fourth-order valence-electron chi connectivity index (χ4n) is 1.65. The number of anilines is 1. The number of nitrogens with zero attached hydrogens (tertiary/aromatic N) is 2. The Hall–Kier alpha value is -1.26. The standard InChI is InChI=1S/C13H17N3S/c1-16(2)7-8-17-13-4-3-12(14)10-5-6-15-9-11(10)13/h3-6,9H,7-8,14H2,1-2H3. The predicted molar refractivity (Wildman–Crippen MR) is 75.4 cm³/mol. The third-order valence-electron chi connectivity index (χ3n) is 2.61. The van der Waals surface area contributed by atoms with E-state index in [2.05, 4.69) is 30.0 Å². The second kappa shape index (κ2) is 5.38. The van der Waals surface area contributed by atoms with E-state index < -0.39 is 0 Å². The zero-order valence-corrected chi connectivity index (χ0v) is 11.0. The molecule has 1 aromatic carbocycles. The molecular weight excluding hydrogens is 230 g/mol. The number of benzene rings is 1. The van der Waals surface area contributed by atoms with Crippen LogP contribution in [-0.2, 0) is 0 Å². The lowest BCUT2D eigenvalue weighted by molar-refractivity contribution is 0.437. The molecule has 2 N–H and O–H groups in total. The Morgan fingerprint density at radius 3 is 2.82 bits per heavy atom. The minimum atomic E-state index is 0.819. The molecule has 2 rings (SSSR count). The molecule has 1 aromatic heterocycles. The molecule has 0 saturated heterocycles. The van der Waals surface area contributed by atoms with E-state index in [1.807, 2.05) is 30.1 Å². The summed E-state index contributed by atoms with van der Waals surface area (Å²) in [6.45, 7) is 1.07. The molecular formula is C13H17N3S. The molecule has 0 amide bonds. The van der Waals surface area contributed by atoms with E-state index in [9.17, 15) is 0 Å². The van der Waals surface area contributed by atoms with Gasteiger partial charge in [-0.2, -0.15) is 0 Å². The van der Waals surface area contributed by atoms with E-state index in [1.165, 1.54) is 4.90 Å². The molecule has 0 atom stereocenters. The van der Waals surface area contributed by atoms with Gasteiger partial charge >= 0.3 is 0 Å². The molecule has 4 heteroatoms. The fraction of sp³-hybridized carbons (Fsp3) is 0.308. The molecule has 3 nitrogen and oxygen atoms in total. The highest BCUT2D eigenvalue weighted by Gasteiger charge is 2.04. The minimum Gasteiger partial charge on any atom is -0.398 e. The highest BCUT2D eigenvalue weighted by molar-refractivity contribution is 7.99. The average molecular weight is 247 g/mol. The van der Waals surface area contributed by atoms with Crippen LogP contribution in [0.3, 0.4) is 0 Å². The third kappa shape index (κ3) is 2.90. The summed E-state index contributed by atoms with van der Waals surface area (Å²) in [5.41, 5.74) is 6.78. The van der Waals surface area contributed by atoms with Crippen molar-refractivity contribution in [2.24, 2.45) is 0 Å². The number of hydrogen-bond acceptors (Lipinski definition) is 4. The van der Waals surface area contributed by atoms with Crippen LogP contribution in [0.2, 0.25) is 0 Å². The first-order chi connectivity index (χ1) is 8.18. The number of nitrogens with two attached hydrogens (primary N) is 1. The second-order valence-corrected chi connectivity index (χ2v) is 5.36. The lowest BCUT2D eigenvalue weighted by Crippen LogP contribution is -2.14. The van der Waals surface area contributed by atoms with Crippen molar-refractivity contribution >= 4 is 28.2 Å². The lowest BCUT2D eigenvalue weighted by Gasteiger charge is -2.11. The van der Waals surface area contributed by atoms with E-state index in [-0.39, 0.29) is 0 Å². The first kappa shape index (κ1) is 12.2. The fourth-order valence-corrected chi connectivity index (χ4v) is 2.81. The number of pyridine rings is 1. The first-order valence-corrected chi connectivity index (χ1v) is 6.57. The summed E-state index contributed by atoms with van der Waals surface area (Å²) < 4.78 is 0. The zero-order valence-electron chi connectivity index (χ0n) is 10.2. The van der Waals surface area contributed by atoms with Crippen LogP contribution in [0.5, 0.6) is 0 Å². The Bertz CT molecular complexity index is 511. The Labute approximate surface area is 106 Å². The van der Waals surface area contributed by atoms with Crippen LogP contribution in [0.4, 0.5) is 5.69 Å². The van der Waals surface area contributed by atoms with Crippen LogP contribution in [0.25, 0.3) is 10.8 Å². The summed E-state index contributed by atoms with van der Waals surface area (Å²) in [6.07, 6.45) is 3.68. The van der Waals surface area contributed by atoms with E-state index in [0.717, 1.165) is 28.8 Å². The van der Waals surface area contributed by atoms with Gasteiger partial charge in [0, 0.05) is 46.0 Å². The molecule has 17 heavy (non-hydrogen) atoms. The van der Waals surface area contributed by atoms with Crippen LogP contribution >= 0.6 is 11.8 Å². The van der Waals surface area contributed by atoms with Gasteiger partial charge in [0.25, 0.3) is 0 Å². The SMILES string of the molecule is CN(C)CCSc1ccc(N)c2ccncc12. The van der Waals surface area contributed by atoms with Crippen molar-refractivity contribution in [3.63, 3.8) is 0 Å². The van der Waals surface area contributed by atoms with Gasteiger partial charge in [-0.15, -0.1) is 11.8 Å². The van der Waals surface area contributed by atoms with Crippen molar-refractivity contribution in [1.29, 1.82) is 0 Å². The van der Waals surface area contributed by atoms with Crippen LogP contribution in [0.15, 0.2) is 35.5 Å². The number of aromatic nitrogens is 1. The topological polar surface area (TPSA) is 42.1 Å². The summed E-state index contributed by atoms with van der Waals surface area (Å²) in [7, 11) is 4.17. The Morgan fingerprint density at radius 1 is 1.24 bits per heavy atom. The molecule has 1 heterocycles. The first-order valence-electron chi connectivity index (χ1n) is 5.58. The Balaban J connectivity index is 2.26. The van der Waals surface area contributed by atoms with Gasteiger partial charge in [0.15, 0.2) is 0 Å². The summed E-state index contributed by atoms with van der Waals surface area (Å²) >= 11 is 1.85. The minimum absolute atomic E-state index is 0.819. The number of hydrogen-bond donors (Lipinski definition) is 1. The molecule has 0 aliphatic carbocycles. The van der Waals surface area contributed by atoms with E-state index in [1.54, 1.807) is 6.20 Å². The van der Waals surface area contributed by atoms with Crippen molar-refractivity contribution in [2.75, 3.05) is 32.1 Å². The quantitative estimate of drug-likeness (QED) is 0.666. The molecule has 0 saturated carbocycles. The predicted octanol–water partition coefficient (Wildman–Crippen LogP) is 2.47. The summed E-state index contributed by atoms with van der Waals surface area (Å²) in [5, 5.41) is 2.24. The van der Waals surface area contributed by atoms with Crippen molar-refractivity contribution < 1.29 is 0 Å². The summed E-state index contributed by atoms with van der Waals surface area (Å²) in [4.78, 5) is 7.62. The van der Waals surface area contributed by atoms with Gasteiger partial charge in [-0.05, 0) is 32.3 Å². The van der Waals surface area contributed by atoms with Gasteiger partial charge in [0.2, 0.25) is 0 Å². The third-order valence-corrected chi connectivity index (χ3v) is 3.66. The maximum absolute atomic E-state index is 5.96. The largest absolute Gasteiger partial charge is 0.398 e. The van der Waals surface area contributed by atoms with Gasteiger partial charge in [-0.25, -0.2) is 0 Å². The highest BCUT2D eigenvalue weighted by atomic mass is 32.2. The van der Waals surface area contributed by atoms with E-state index in [4.69, 9.17) is 5.73 Å². The molecule has 0 bridgehead atoms. The monoisotopic (exact) mass is 247 g/mol. The van der Waals surface area contributed by atoms with Crippen LogP contribution < -0.4 is 5.73 Å². The van der Waals surface area contributed by atoms with E-state index in [0.29, 0.717) is 0 Å². The normalized spacial score (nSPS) is 11.2. The van der Waals surface area contributed by atoms with Crippen LogP contribution in [0.1, 0.15) is 0 Å². The van der Waals surface area contributed by atoms with Gasteiger partial charge in [0.05, 0.1) is 0 Å². The number of rotatable bonds is 4. The number of nitrogen functional groups attached to an aromatic ring is 1. The van der Waals surface area contributed by atoms with Crippen molar-refractivity contribution in [3.8, 4) is 0 Å². The maximum atomic E-state index is 5.96. The lowest BCUT2D eigenvalue weighted by atomic mass is 10.1. The molecule has 2 aromatic rings. The molecule has 0 aliphatic heterocycles. The van der Waals surface area contributed by atoms with Gasteiger partial charge in [-0.1, -0.05) is 0 Å². The molecule has 0 spiro atoms. The Morgan fingerprint density at radius 2 is 2.06 bits per heavy atom. The van der Waals surface area contributed by atoms with Crippen molar-refractivity contribution in [2.45, 2.75) is 4.90 Å². The van der Waals surface area contributed by atoms with Crippen LogP contribution in [0, 0.1) is 0 Å². The molecule has 0 fully saturated rings. The molecule has 0 radical (unpaired) electrons. The second-order valence-electron chi connectivity index (χ2n) is 4.23. The van der Waals surface area contributed by atoms with Crippen LogP contribution in [-0.4, -0.2) is 36.3 Å². The number of thioether (sulfide) groups is 1. The zero-order chi connectivity index (χ0) is 12.3. The van der Waals surface area contributed by atoms with Crippen molar-refractivity contribution in [3.05, 3.63) is 30.6 Å². The Kier molecular flexibility index (Phi) is 3.86.